The first-order chi connectivity index (χ1) is 13.9. The third-order valence-corrected chi connectivity index (χ3v) is 6.32. The predicted molar refractivity (Wildman–Crippen MR) is 113 cm³/mol. The summed E-state index contributed by atoms with van der Waals surface area (Å²) in [6, 6.07) is 8.14. The summed E-state index contributed by atoms with van der Waals surface area (Å²) in [6.45, 7) is 9.47. The molecule has 1 amide bonds. The van der Waals surface area contributed by atoms with Crippen LogP contribution in [-0.2, 0) is 13.0 Å². The van der Waals surface area contributed by atoms with Crippen LogP contribution in [0.25, 0.3) is 0 Å². The maximum absolute atomic E-state index is 12.8. The molecule has 0 bridgehead atoms. The molecule has 2 aliphatic rings. The lowest BCUT2D eigenvalue weighted by Crippen LogP contribution is -2.41. The van der Waals surface area contributed by atoms with Gasteiger partial charge in [0.2, 0.25) is 0 Å². The Morgan fingerprint density at radius 3 is 2.48 bits per heavy atom. The second kappa shape index (κ2) is 8.11. The number of aromatic amines is 1. The van der Waals surface area contributed by atoms with E-state index in [2.05, 4.69) is 23.7 Å². The van der Waals surface area contributed by atoms with Gasteiger partial charge in [-0.25, -0.2) is 4.98 Å². The molecule has 0 saturated carbocycles. The lowest BCUT2D eigenvalue weighted by atomic mass is 9.94. The molecule has 1 fully saturated rings. The molecular formula is C23H30N4O2. The van der Waals surface area contributed by atoms with Crippen LogP contribution in [0.2, 0.25) is 0 Å². The summed E-state index contributed by atoms with van der Waals surface area (Å²) in [5.41, 5.74) is 3.20. The third kappa shape index (κ3) is 4.13. The minimum Gasteiger partial charge on any atom is -0.334 e. The average Bonchev–Trinajstić information content (AvgIpc) is 2.73. The van der Waals surface area contributed by atoms with Crippen molar-refractivity contribution in [3.8, 4) is 0 Å². The van der Waals surface area contributed by atoms with E-state index >= 15 is 0 Å². The van der Waals surface area contributed by atoms with E-state index in [0.717, 1.165) is 43.0 Å². The van der Waals surface area contributed by atoms with Crippen molar-refractivity contribution in [2.45, 2.75) is 58.5 Å². The maximum Gasteiger partial charge on any atom is 0.256 e. The normalized spacial score (nSPS) is 18.1. The van der Waals surface area contributed by atoms with Crippen molar-refractivity contribution in [2.24, 2.45) is 0 Å². The largest absolute Gasteiger partial charge is 0.334 e. The molecule has 0 unspecified atom stereocenters. The van der Waals surface area contributed by atoms with E-state index < -0.39 is 0 Å². The fraction of sp³-hybridized carbons (Fsp3) is 0.522. The number of nitrogens with zero attached hydrogens (tertiary/aromatic N) is 3. The van der Waals surface area contributed by atoms with Gasteiger partial charge >= 0.3 is 0 Å². The molecule has 154 valence electrons. The lowest BCUT2D eigenvalue weighted by Gasteiger charge is -2.34. The highest BCUT2D eigenvalue weighted by Crippen LogP contribution is 2.27. The van der Waals surface area contributed by atoms with Crippen LogP contribution in [0.1, 0.15) is 65.6 Å². The monoisotopic (exact) mass is 394 g/mol. The minimum absolute atomic E-state index is 0.0276. The molecule has 2 aliphatic heterocycles. The first-order valence-electron chi connectivity index (χ1n) is 10.6. The standard InChI is InChI=1S/C23H30N4O2/c1-15(2)26-11-8-17(9-12-26)21-24-20-10-13-27(14-19(20)22(28)25-21)23(29)18-6-4-16(3)5-7-18/h4-7,15,17H,8-14H2,1-3H3,(H,24,25,28). The molecule has 6 nitrogen and oxygen atoms in total. The minimum atomic E-state index is -0.0855. The van der Waals surface area contributed by atoms with Crippen LogP contribution in [0, 0.1) is 6.92 Å². The van der Waals surface area contributed by atoms with Crippen molar-refractivity contribution in [3.63, 3.8) is 0 Å². The van der Waals surface area contributed by atoms with E-state index in [1.165, 1.54) is 0 Å². The molecule has 4 rings (SSSR count). The SMILES string of the molecule is Cc1ccc(C(=O)N2CCc3nc(C4CCN(C(C)C)CC4)[nH]c(=O)c3C2)cc1. The number of amides is 1. The number of nitrogens with one attached hydrogen (secondary N) is 1. The predicted octanol–water partition coefficient (Wildman–Crippen LogP) is 2.86. The Morgan fingerprint density at radius 1 is 1.14 bits per heavy atom. The number of aromatic nitrogens is 2. The molecule has 1 saturated heterocycles. The fourth-order valence-corrected chi connectivity index (χ4v) is 4.38. The van der Waals surface area contributed by atoms with E-state index in [0.29, 0.717) is 42.6 Å². The number of carbonyl (C=O) groups is 1. The smallest absolute Gasteiger partial charge is 0.256 e. The number of carbonyl (C=O) groups excluding carboxylic acids is 1. The highest BCUT2D eigenvalue weighted by Gasteiger charge is 2.28. The van der Waals surface area contributed by atoms with Crippen LogP contribution in [0.4, 0.5) is 0 Å². The molecule has 1 aromatic heterocycles. The maximum atomic E-state index is 12.8. The number of benzene rings is 1. The third-order valence-electron chi connectivity index (χ3n) is 6.32. The number of H-pyrrole nitrogens is 1. The summed E-state index contributed by atoms with van der Waals surface area (Å²) in [5, 5.41) is 0. The summed E-state index contributed by atoms with van der Waals surface area (Å²) in [7, 11) is 0. The van der Waals surface area contributed by atoms with Gasteiger partial charge in [0, 0.05) is 30.5 Å². The van der Waals surface area contributed by atoms with Crippen molar-refractivity contribution in [1.29, 1.82) is 0 Å². The molecule has 0 radical (unpaired) electrons. The van der Waals surface area contributed by atoms with Crippen LogP contribution in [0.5, 0.6) is 0 Å². The van der Waals surface area contributed by atoms with E-state index in [1.807, 2.05) is 31.2 Å². The second-order valence-corrected chi connectivity index (χ2v) is 8.62. The van der Waals surface area contributed by atoms with Crippen molar-refractivity contribution in [2.75, 3.05) is 19.6 Å². The van der Waals surface area contributed by atoms with Crippen molar-refractivity contribution >= 4 is 5.91 Å². The van der Waals surface area contributed by atoms with Gasteiger partial charge < -0.3 is 14.8 Å². The van der Waals surface area contributed by atoms with Crippen molar-refractivity contribution in [1.82, 2.24) is 19.8 Å². The van der Waals surface area contributed by atoms with Gasteiger partial charge in [-0.05, 0) is 58.8 Å². The number of rotatable bonds is 3. The Bertz CT molecular complexity index is 940. The average molecular weight is 395 g/mol. The van der Waals surface area contributed by atoms with Crippen LogP contribution >= 0.6 is 0 Å². The van der Waals surface area contributed by atoms with Gasteiger partial charge in [-0.1, -0.05) is 17.7 Å². The molecule has 29 heavy (non-hydrogen) atoms. The number of likely N-dealkylation sites (tertiary alicyclic amines) is 1. The van der Waals surface area contributed by atoms with Gasteiger partial charge in [0.25, 0.3) is 11.5 Å². The Labute approximate surface area is 172 Å². The summed E-state index contributed by atoms with van der Waals surface area (Å²) < 4.78 is 0. The number of fused-ring (bicyclic) bond motifs is 1. The van der Waals surface area contributed by atoms with E-state index in [-0.39, 0.29) is 11.5 Å². The van der Waals surface area contributed by atoms with Crippen LogP contribution < -0.4 is 5.56 Å². The van der Waals surface area contributed by atoms with E-state index in [1.54, 1.807) is 4.90 Å². The van der Waals surface area contributed by atoms with Crippen molar-refractivity contribution in [3.05, 3.63) is 62.8 Å². The van der Waals surface area contributed by atoms with Gasteiger partial charge in [-0.15, -0.1) is 0 Å². The van der Waals surface area contributed by atoms with Gasteiger partial charge in [0.05, 0.1) is 17.8 Å². The highest BCUT2D eigenvalue weighted by atomic mass is 16.2. The quantitative estimate of drug-likeness (QED) is 0.869. The zero-order chi connectivity index (χ0) is 20.5. The topological polar surface area (TPSA) is 69.3 Å². The number of piperidine rings is 1. The van der Waals surface area contributed by atoms with Crippen LogP contribution in [0.15, 0.2) is 29.1 Å². The first kappa shape index (κ1) is 19.8. The fourth-order valence-electron chi connectivity index (χ4n) is 4.38. The molecule has 3 heterocycles. The zero-order valence-electron chi connectivity index (χ0n) is 17.6. The van der Waals surface area contributed by atoms with Gasteiger partial charge in [-0.2, -0.15) is 0 Å². The Morgan fingerprint density at radius 2 is 1.83 bits per heavy atom. The van der Waals surface area contributed by atoms with E-state index in [9.17, 15) is 9.59 Å². The molecular weight excluding hydrogens is 364 g/mol. The van der Waals surface area contributed by atoms with Crippen LogP contribution in [-0.4, -0.2) is 51.4 Å². The molecule has 0 aliphatic carbocycles. The van der Waals surface area contributed by atoms with Gasteiger partial charge in [0.15, 0.2) is 0 Å². The summed E-state index contributed by atoms with van der Waals surface area (Å²) in [5.74, 6) is 1.12. The van der Waals surface area contributed by atoms with Crippen LogP contribution in [0.3, 0.4) is 0 Å². The molecule has 0 atom stereocenters. The summed E-state index contributed by atoms with van der Waals surface area (Å²) in [4.78, 5) is 37.7. The molecule has 1 aromatic carbocycles. The zero-order valence-corrected chi connectivity index (χ0v) is 17.6. The van der Waals surface area contributed by atoms with Gasteiger partial charge in [-0.3, -0.25) is 9.59 Å². The molecule has 0 spiro atoms. The molecule has 1 N–H and O–H groups in total. The number of aryl methyl sites for hydroxylation is 1. The van der Waals surface area contributed by atoms with E-state index in [4.69, 9.17) is 4.98 Å². The summed E-state index contributed by atoms with van der Waals surface area (Å²) in [6.07, 6.45) is 2.69. The Kier molecular flexibility index (Phi) is 5.54. The Balaban J connectivity index is 1.49. The molecule has 6 heteroatoms. The number of hydrogen-bond donors (Lipinski definition) is 1. The number of hydrogen-bond acceptors (Lipinski definition) is 4. The van der Waals surface area contributed by atoms with Crippen molar-refractivity contribution < 1.29 is 4.79 Å². The Hall–Kier alpha value is -2.47. The summed E-state index contributed by atoms with van der Waals surface area (Å²) >= 11 is 0. The second-order valence-electron chi connectivity index (χ2n) is 8.62. The highest BCUT2D eigenvalue weighted by molar-refractivity contribution is 5.94. The lowest BCUT2D eigenvalue weighted by molar-refractivity contribution is 0.0732. The molecule has 2 aromatic rings. The van der Waals surface area contributed by atoms with Gasteiger partial charge in [0.1, 0.15) is 5.82 Å². The first-order valence-corrected chi connectivity index (χ1v) is 10.6.